The van der Waals surface area contributed by atoms with Crippen molar-refractivity contribution in [2.45, 2.75) is 33.2 Å². The lowest BCUT2D eigenvalue weighted by atomic mass is 10.2. The van der Waals surface area contributed by atoms with Gasteiger partial charge in [0.2, 0.25) is 17.7 Å². The molecule has 0 radical (unpaired) electrons. The predicted molar refractivity (Wildman–Crippen MR) is 95.2 cm³/mol. The van der Waals surface area contributed by atoms with E-state index in [0.717, 1.165) is 0 Å². The van der Waals surface area contributed by atoms with Crippen LogP contribution in [-0.2, 0) is 14.4 Å². The summed E-state index contributed by atoms with van der Waals surface area (Å²) in [7, 11) is 0. The summed E-state index contributed by atoms with van der Waals surface area (Å²) >= 11 is 11.9. The molecule has 0 aliphatic heterocycles. The highest BCUT2D eigenvalue weighted by atomic mass is 35.5. The van der Waals surface area contributed by atoms with Crippen LogP contribution in [0.1, 0.15) is 27.2 Å². The van der Waals surface area contributed by atoms with Gasteiger partial charge in [-0.05, 0) is 31.5 Å². The summed E-state index contributed by atoms with van der Waals surface area (Å²) in [6, 6.07) is 4.03. The lowest BCUT2D eigenvalue weighted by molar-refractivity contribution is -0.137. The molecule has 3 amide bonds. The Hall–Kier alpha value is -1.79. The van der Waals surface area contributed by atoms with Crippen LogP contribution >= 0.6 is 23.2 Å². The van der Waals surface area contributed by atoms with E-state index in [2.05, 4.69) is 10.6 Å². The van der Waals surface area contributed by atoms with E-state index in [4.69, 9.17) is 23.2 Å². The molecule has 1 aromatic carbocycles. The van der Waals surface area contributed by atoms with E-state index in [0.29, 0.717) is 28.7 Å². The molecular formula is C16H21Cl2N3O3. The van der Waals surface area contributed by atoms with Crippen LogP contribution in [0.3, 0.4) is 0 Å². The molecule has 0 saturated heterocycles. The maximum Gasteiger partial charge on any atom is 0.245 e. The van der Waals surface area contributed by atoms with Crippen LogP contribution in [0, 0.1) is 0 Å². The number of hydrogen-bond donors (Lipinski definition) is 2. The summed E-state index contributed by atoms with van der Waals surface area (Å²) in [6.07, 6.45) is 0.684. The van der Waals surface area contributed by atoms with Crippen LogP contribution in [0.2, 0.25) is 10.0 Å². The molecule has 2 N–H and O–H groups in total. The molecule has 1 aromatic rings. The maximum absolute atomic E-state index is 12.4. The van der Waals surface area contributed by atoms with Gasteiger partial charge in [-0.3, -0.25) is 14.4 Å². The molecule has 0 bridgehead atoms. The molecule has 0 heterocycles. The van der Waals surface area contributed by atoms with Gasteiger partial charge in [-0.1, -0.05) is 30.1 Å². The standard InChI is InChI=1S/C16H21Cl2N3O3/c1-4-7-21(16(24)10(2)19-11(3)22)9-15(23)20-14-8-12(17)5-6-13(14)18/h5-6,8,10H,4,7,9H2,1-3H3,(H,19,22)(H,20,23). The quantitative estimate of drug-likeness (QED) is 0.770. The number of halogens is 2. The molecule has 0 saturated carbocycles. The fraction of sp³-hybridized carbons (Fsp3) is 0.438. The first-order chi connectivity index (χ1) is 11.2. The highest BCUT2D eigenvalue weighted by Crippen LogP contribution is 2.25. The molecule has 1 atom stereocenters. The first-order valence-electron chi connectivity index (χ1n) is 7.55. The Balaban J connectivity index is 2.76. The summed E-state index contributed by atoms with van der Waals surface area (Å²) in [5.74, 6) is -1.02. The molecule has 6 nitrogen and oxygen atoms in total. The summed E-state index contributed by atoms with van der Waals surface area (Å²) in [4.78, 5) is 37.1. The molecule has 1 rings (SSSR count). The van der Waals surface area contributed by atoms with Crippen molar-refractivity contribution in [1.29, 1.82) is 0 Å². The highest BCUT2D eigenvalue weighted by molar-refractivity contribution is 6.35. The Kier molecular flexibility index (Phi) is 8.01. The number of carbonyl (C=O) groups is 3. The van der Waals surface area contributed by atoms with Gasteiger partial charge in [-0.2, -0.15) is 0 Å². The van der Waals surface area contributed by atoms with E-state index in [1.54, 1.807) is 19.1 Å². The van der Waals surface area contributed by atoms with Gasteiger partial charge in [0.05, 0.1) is 17.3 Å². The first kappa shape index (κ1) is 20.3. The molecule has 0 aromatic heterocycles. The van der Waals surface area contributed by atoms with E-state index in [1.807, 2.05) is 6.92 Å². The number of carbonyl (C=O) groups excluding carboxylic acids is 3. The van der Waals surface area contributed by atoms with Crippen LogP contribution in [-0.4, -0.2) is 41.8 Å². The maximum atomic E-state index is 12.4. The van der Waals surface area contributed by atoms with E-state index < -0.39 is 11.9 Å². The first-order valence-corrected chi connectivity index (χ1v) is 8.31. The third kappa shape index (κ3) is 6.37. The molecule has 132 valence electrons. The number of nitrogens with one attached hydrogen (secondary N) is 2. The van der Waals surface area contributed by atoms with E-state index in [-0.39, 0.29) is 18.4 Å². The number of benzene rings is 1. The highest BCUT2D eigenvalue weighted by Gasteiger charge is 2.23. The second kappa shape index (κ2) is 9.49. The lowest BCUT2D eigenvalue weighted by Crippen LogP contribution is -2.48. The van der Waals surface area contributed by atoms with Crippen LogP contribution in [0.5, 0.6) is 0 Å². The van der Waals surface area contributed by atoms with Gasteiger partial charge in [-0.15, -0.1) is 0 Å². The van der Waals surface area contributed by atoms with Crippen LogP contribution in [0.25, 0.3) is 0 Å². The smallest absolute Gasteiger partial charge is 0.245 e. The van der Waals surface area contributed by atoms with E-state index in [1.165, 1.54) is 17.9 Å². The van der Waals surface area contributed by atoms with Crippen molar-refractivity contribution in [2.75, 3.05) is 18.4 Å². The Bertz CT molecular complexity index is 623. The van der Waals surface area contributed by atoms with Crippen LogP contribution in [0.15, 0.2) is 18.2 Å². The summed E-state index contributed by atoms with van der Waals surface area (Å²) in [5, 5.41) is 5.95. The molecule has 24 heavy (non-hydrogen) atoms. The third-order valence-electron chi connectivity index (χ3n) is 3.13. The largest absolute Gasteiger partial charge is 0.345 e. The van der Waals surface area contributed by atoms with Crippen molar-refractivity contribution in [3.63, 3.8) is 0 Å². The number of rotatable bonds is 7. The Labute approximate surface area is 151 Å². The SMILES string of the molecule is CCCN(CC(=O)Nc1cc(Cl)ccc1Cl)C(=O)C(C)NC(C)=O. The zero-order valence-electron chi connectivity index (χ0n) is 13.9. The number of amides is 3. The molecule has 0 fully saturated rings. The van der Waals surface area contributed by atoms with Gasteiger partial charge in [-0.25, -0.2) is 0 Å². The second-order valence-corrected chi connectivity index (χ2v) is 6.20. The van der Waals surface area contributed by atoms with Gasteiger partial charge in [0.1, 0.15) is 6.04 Å². The van der Waals surface area contributed by atoms with Crippen molar-refractivity contribution in [3.05, 3.63) is 28.2 Å². The summed E-state index contributed by atoms with van der Waals surface area (Å²) < 4.78 is 0. The van der Waals surface area contributed by atoms with Crippen molar-refractivity contribution >= 4 is 46.6 Å². The Morgan fingerprint density at radius 3 is 2.50 bits per heavy atom. The zero-order chi connectivity index (χ0) is 18.3. The minimum absolute atomic E-state index is 0.139. The lowest BCUT2D eigenvalue weighted by Gasteiger charge is -2.25. The van der Waals surface area contributed by atoms with E-state index >= 15 is 0 Å². The minimum atomic E-state index is -0.698. The normalized spacial score (nSPS) is 11.5. The number of anilines is 1. The monoisotopic (exact) mass is 373 g/mol. The van der Waals surface area contributed by atoms with Crippen LogP contribution < -0.4 is 10.6 Å². The van der Waals surface area contributed by atoms with Gasteiger partial charge in [0.25, 0.3) is 0 Å². The Morgan fingerprint density at radius 1 is 1.25 bits per heavy atom. The van der Waals surface area contributed by atoms with Gasteiger partial charge >= 0.3 is 0 Å². The second-order valence-electron chi connectivity index (χ2n) is 5.35. The van der Waals surface area contributed by atoms with Crippen molar-refractivity contribution < 1.29 is 14.4 Å². The topological polar surface area (TPSA) is 78.5 Å². The molecule has 1 unspecified atom stereocenters. The summed E-state index contributed by atoms with van der Waals surface area (Å²) in [6.45, 7) is 5.08. The minimum Gasteiger partial charge on any atom is -0.345 e. The molecule has 8 heteroatoms. The molecule has 0 spiro atoms. The Morgan fingerprint density at radius 2 is 1.92 bits per heavy atom. The average molecular weight is 374 g/mol. The number of hydrogen-bond acceptors (Lipinski definition) is 3. The van der Waals surface area contributed by atoms with Crippen molar-refractivity contribution in [1.82, 2.24) is 10.2 Å². The van der Waals surface area contributed by atoms with Gasteiger partial charge < -0.3 is 15.5 Å². The van der Waals surface area contributed by atoms with Crippen molar-refractivity contribution in [2.24, 2.45) is 0 Å². The zero-order valence-corrected chi connectivity index (χ0v) is 15.4. The third-order valence-corrected chi connectivity index (χ3v) is 3.70. The fourth-order valence-corrected chi connectivity index (χ4v) is 2.47. The summed E-state index contributed by atoms with van der Waals surface area (Å²) in [5.41, 5.74) is 0.382. The molecule has 0 aliphatic rings. The van der Waals surface area contributed by atoms with Gasteiger partial charge in [0, 0.05) is 18.5 Å². The van der Waals surface area contributed by atoms with Gasteiger partial charge in [0.15, 0.2) is 0 Å². The molecular weight excluding hydrogens is 353 g/mol. The van der Waals surface area contributed by atoms with E-state index in [9.17, 15) is 14.4 Å². The van der Waals surface area contributed by atoms with Crippen LogP contribution in [0.4, 0.5) is 5.69 Å². The van der Waals surface area contributed by atoms with Crippen molar-refractivity contribution in [3.8, 4) is 0 Å². The fourth-order valence-electron chi connectivity index (χ4n) is 2.13. The predicted octanol–water partition coefficient (Wildman–Crippen LogP) is 2.70. The molecule has 0 aliphatic carbocycles. The number of nitrogens with zero attached hydrogens (tertiary/aromatic N) is 1. The average Bonchev–Trinajstić information content (AvgIpc) is 2.49.